The molecule has 0 saturated carbocycles. The second-order valence-electron chi connectivity index (χ2n) is 4.89. The first-order valence-electron chi connectivity index (χ1n) is 7.19. The lowest BCUT2D eigenvalue weighted by molar-refractivity contribution is 0.0963. The van der Waals surface area contributed by atoms with Crippen LogP contribution in [0.15, 0.2) is 27.8 Å². The van der Waals surface area contributed by atoms with Gasteiger partial charge in [0.15, 0.2) is 5.96 Å². The molecular weight excluding hydrogens is 272 g/mol. The lowest BCUT2D eigenvalue weighted by atomic mass is 10.1. The van der Waals surface area contributed by atoms with Crippen LogP contribution in [-0.2, 0) is 11.3 Å². The zero-order valence-corrected chi connectivity index (χ0v) is 12.2. The second kappa shape index (κ2) is 7.56. The Labute approximate surface area is 124 Å². The van der Waals surface area contributed by atoms with Gasteiger partial charge in [0.2, 0.25) is 0 Å². The van der Waals surface area contributed by atoms with Crippen LogP contribution in [0.3, 0.4) is 0 Å². The molecule has 7 nitrogen and oxygen atoms in total. The minimum Gasteiger partial charge on any atom is -0.467 e. The van der Waals surface area contributed by atoms with Crippen molar-refractivity contribution in [3.05, 3.63) is 24.2 Å². The average Bonchev–Trinajstić information content (AvgIpc) is 2.99. The molecule has 7 heteroatoms. The third-order valence-electron chi connectivity index (χ3n) is 3.36. The van der Waals surface area contributed by atoms with Crippen molar-refractivity contribution in [2.24, 2.45) is 10.7 Å². The fraction of sp³-hybridized carbons (Fsp3) is 0.571. The van der Waals surface area contributed by atoms with Crippen LogP contribution in [-0.4, -0.2) is 42.7 Å². The Hall–Kier alpha value is -2.18. The molecule has 21 heavy (non-hydrogen) atoms. The number of likely N-dealkylation sites (tertiary alicyclic amines) is 1. The zero-order valence-electron chi connectivity index (χ0n) is 12.2. The Morgan fingerprint density at radius 3 is 2.95 bits per heavy atom. The highest BCUT2D eigenvalue weighted by Crippen LogP contribution is 2.11. The van der Waals surface area contributed by atoms with E-state index in [1.54, 1.807) is 11.2 Å². The highest BCUT2D eigenvalue weighted by molar-refractivity contribution is 5.78. The Morgan fingerprint density at radius 2 is 2.33 bits per heavy atom. The second-order valence-corrected chi connectivity index (χ2v) is 4.89. The van der Waals surface area contributed by atoms with Gasteiger partial charge in [-0.1, -0.05) is 0 Å². The first-order valence-corrected chi connectivity index (χ1v) is 7.19. The molecule has 1 aromatic rings. The monoisotopic (exact) mass is 294 g/mol. The number of hydrogen-bond acceptors (Lipinski definition) is 4. The number of hydrogen-bond donors (Lipinski definition) is 2. The largest absolute Gasteiger partial charge is 0.467 e. The van der Waals surface area contributed by atoms with Crippen LogP contribution < -0.4 is 11.1 Å². The lowest BCUT2D eigenvalue weighted by Gasteiger charge is -2.31. The molecule has 1 aliphatic rings. The predicted octanol–water partition coefficient (Wildman–Crippen LogP) is 1.30. The van der Waals surface area contributed by atoms with E-state index in [1.807, 2.05) is 19.1 Å². The summed E-state index contributed by atoms with van der Waals surface area (Å²) in [5.41, 5.74) is 5.86. The van der Waals surface area contributed by atoms with Crippen LogP contribution >= 0.6 is 0 Å². The average molecular weight is 294 g/mol. The van der Waals surface area contributed by atoms with E-state index in [1.165, 1.54) is 0 Å². The SMILES string of the molecule is CCOC(=O)N1CCC(NC(N)=NCc2ccco2)CC1. The Morgan fingerprint density at radius 1 is 1.57 bits per heavy atom. The molecule has 0 aromatic carbocycles. The number of amides is 1. The number of carbonyl (C=O) groups is 1. The maximum absolute atomic E-state index is 11.6. The molecule has 1 amide bonds. The number of nitrogens with one attached hydrogen (secondary N) is 1. The van der Waals surface area contributed by atoms with Crippen LogP contribution in [0.25, 0.3) is 0 Å². The maximum atomic E-state index is 11.6. The molecule has 0 bridgehead atoms. The van der Waals surface area contributed by atoms with Crippen LogP contribution in [0.1, 0.15) is 25.5 Å². The summed E-state index contributed by atoms with van der Waals surface area (Å²) >= 11 is 0. The number of nitrogens with zero attached hydrogens (tertiary/aromatic N) is 2. The van der Waals surface area contributed by atoms with Crippen LogP contribution in [0, 0.1) is 0 Å². The number of nitrogens with two attached hydrogens (primary N) is 1. The highest BCUT2D eigenvalue weighted by Gasteiger charge is 2.23. The van der Waals surface area contributed by atoms with Crippen molar-refractivity contribution in [2.45, 2.75) is 32.4 Å². The third-order valence-corrected chi connectivity index (χ3v) is 3.36. The summed E-state index contributed by atoms with van der Waals surface area (Å²) in [7, 11) is 0. The first-order chi connectivity index (χ1) is 10.2. The van der Waals surface area contributed by atoms with E-state index in [9.17, 15) is 4.79 Å². The number of rotatable bonds is 4. The van der Waals surface area contributed by atoms with Gasteiger partial charge in [-0.3, -0.25) is 0 Å². The number of piperidine rings is 1. The number of guanidine groups is 1. The van der Waals surface area contributed by atoms with Crippen LogP contribution in [0.2, 0.25) is 0 Å². The fourth-order valence-corrected chi connectivity index (χ4v) is 2.24. The molecular formula is C14H22N4O3. The molecule has 116 valence electrons. The van der Waals surface area contributed by atoms with Gasteiger partial charge in [0.25, 0.3) is 0 Å². The molecule has 0 spiro atoms. The zero-order chi connectivity index (χ0) is 15.1. The smallest absolute Gasteiger partial charge is 0.409 e. The van der Waals surface area contributed by atoms with E-state index in [0.29, 0.717) is 32.2 Å². The molecule has 1 aliphatic heterocycles. The van der Waals surface area contributed by atoms with Gasteiger partial charge >= 0.3 is 6.09 Å². The van der Waals surface area contributed by atoms with Crippen molar-refractivity contribution < 1.29 is 13.9 Å². The highest BCUT2D eigenvalue weighted by atomic mass is 16.6. The Kier molecular flexibility index (Phi) is 5.48. The van der Waals surface area contributed by atoms with Crippen molar-refractivity contribution in [3.63, 3.8) is 0 Å². The molecule has 0 atom stereocenters. The van der Waals surface area contributed by atoms with Gasteiger partial charge in [-0.05, 0) is 31.9 Å². The third kappa shape index (κ3) is 4.70. The number of carbonyl (C=O) groups excluding carboxylic acids is 1. The summed E-state index contributed by atoms with van der Waals surface area (Å²) in [6.07, 6.45) is 3.03. The summed E-state index contributed by atoms with van der Waals surface area (Å²) in [6.45, 7) is 3.98. The van der Waals surface area contributed by atoms with Gasteiger partial charge in [0.1, 0.15) is 12.3 Å². The summed E-state index contributed by atoms with van der Waals surface area (Å²) in [5.74, 6) is 1.18. The summed E-state index contributed by atoms with van der Waals surface area (Å²) in [5, 5.41) is 3.18. The van der Waals surface area contributed by atoms with Crippen LogP contribution in [0.4, 0.5) is 4.79 Å². The van der Waals surface area contributed by atoms with E-state index in [2.05, 4.69) is 10.3 Å². The predicted molar refractivity (Wildman–Crippen MR) is 78.8 cm³/mol. The fourth-order valence-electron chi connectivity index (χ4n) is 2.24. The van der Waals surface area contributed by atoms with Crippen molar-refractivity contribution >= 4 is 12.1 Å². The summed E-state index contributed by atoms with van der Waals surface area (Å²) in [6, 6.07) is 3.91. The van der Waals surface area contributed by atoms with Gasteiger partial charge < -0.3 is 25.1 Å². The Balaban J connectivity index is 1.72. The normalized spacial score (nSPS) is 16.8. The molecule has 3 N–H and O–H groups in total. The molecule has 2 rings (SSSR count). The standard InChI is InChI=1S/C14H22N4O3/c1-2-20-14(19)18-7-5-11(6-8-18)17-13(15)16-10-12-4-3-9-21-12/h3-4,9,11H,2,5-8,10H2,1H3,(H3,15,16,17). The molecule has 0 unspecified atom stereocenters. The molecule has 1 saturated heterocycles. The van der Waals surface area contributed by atoms with Gasteiger partial charge in [-0.2, -0.15) is 0 Å². The number of ether oxygens (including phenoxy) is 1. The molecule has 0 aliphatic carbocycles. The minimum atomic E-state index is -0.240. The number of aliphatic imine (C=N–C) groups is 1. The molecule has 0 radical (unpaired) electrons. The maximum Gasteiger partial charge on any atom is 0.409 e. The van der Waals surface area contributed by atoms with Crippen molar-refractivity contribution in [3.8, 4) is 0 Å². The van der Waals surface area contributed by atoms with Gasteiger partial charge in [0.05, 0.1) is 12.9 Å². The quantitative estimate of drug-likeness (QED) is 0.645. The lowest BCUT2D eigenvalue weighted by Crippen LogP contribution is -2.48. The Bertz CT molecular complexity index is 465. The van der Waals surface area contributed by atoms with E-state index >= 15 is 0 Å². The van der Waals surface area contributed by atoms with Gasteiger partial charge in [0, 0.05) is 19.1 Å². The first kappa shape index (κ1) is 15.2. The van der Waals surface area contributed by atoms with E-state index in [4.69, 9.17) is 14.9 Å². The topological polar surface area (TPSA) is 93.1 Å². The molecule has 1 fully saturated rings. The summed E-state index contributed by atoms with van der Waals surface area (Å²) in [4.78, 5) is 17.5. The van der Waals surface area contributed by atoms with Gasteiger partial charge in [-0.25, -0.2) is 9.79 Å². The van der Waals surface area contributed by atoms with Crippen molar-refractivity contribution in [2.75, 3.05) is 19.7 Å². The van der Waals surface area contributed by atoms with Crippen molar-refractivity contribution in [1.82, 2.24) is 10.2 Å². The molecule has 1 aromatic heterocycles. The molecule has 2 heterocycles. The van der Waals surface area contributed by atoms with E-state index in [0.717, 1.165) is 18.6 Å². The minimum absolute atomic E-state index is 0.232. The summed E-state index contributed by atoms with van der Waals surface area (Å²) < 4.78 is 10.2. The number of furan rings is 1. The van der Waals surface area contributed by atoms with E-state index in [-0.39, 0.29) is 12.1 Å². The van der Waals surface area contributed by atoms with Crippen molar-refractivity contribution in [1.29, 1.82) is 0 Å². The van der Waals surface area contributed by atoms with E-state index < -0.39 is 0 Å². The van der Waals surface area contributed by atoms with Crippen LogP contribution in [0.5, 0.6) is 0 Å². The van der Waals surface area contributed by atoms with Gasteiger partial charge in [-0.15, -0.1) is 0 Å².